The minimum absolute atomic E-state index is 0.0307. The van der Waals surface area contributed by atoms with E-state index in [0.717, 1.165) is 36.8 Å². The number of aryl methyl sites for hydroxylation is 2. The summed E-state index contributed by atoms with van der Waals surface area (Å²) in [6.45, 7) is 4.27. The van der Waals surface area contributed by atoms with Gasteiger partial charge in [0.2, 0.25) is 10.0 Å². The Morgan fingerprint density at radius 3 is 2.30 bits per heavy atom. The first-order valence-corrected chi connectivity index (χ1v) is 12.4. The lowest BCUT2D eigenvalue weighted by atomic mass is 10.1. The lowest BCUT2D eigenvalue weighted by Gasteiger charge is -2.21. The largest absolute Gasteiger partial charge is 0.495 e. The number of methoxy groups -OCH3 is 1. The molecule has 1 saturated heterocycles. The molecule has 0 spiro atoms. The maximum absolute atomic E-state index is 13.2. The van der Waals surface area contributed by atoms with Gasteiger partial charge in [0.15, 0.2) is 6.61 Å². The van der Waals surface area contributed by atoms with Gasteiger partial charge in [-0.3, -0.25) is 4.79 Å². The van der Waals surface area contributed by atoms with Crippen LogP contribution in [0, 0.1) is 13.8 Å². The quantitative estimate of drug-likeness (QED) is 0.615. The second-order valence-corrected chi connectivity index (χ2v) is 10.0. The average molecular weight is 475 g/mol. The highest BCUT2D eigenvalue weighted by molar-refractivity contribution is 7.89. The number of sulfonamides is 1. The molecule has 0 bridgehead atoms. The summed E-state index contributed by atoms with van der Waals surface area (Å²) >= 11 is 0. The van der Waals surface area contributed by atoms with Crippen LogP contribution in [0.5, 0.6) is 5.75 Å². The summed E-state index contributed by atoms with van der Waals surface area (Å²) in [6.07, 6.45) is 3.55. The van der Waals surface area contributed by atoms with E-state index >= 15 is 0 Å². The van der Waals surface area contributed by atoms with Crippen molar-refractivity contribution in [3.8, 4) is 5.75 Å². The van der Waals surface area contributed by atoms with Gasteiger partial charge >= 0.3 is 5.97 Å². The molecule has 9 heteroatoms. The Labute approximate surface area is 194 Å². The van der Waals surface area contributed by atoms with Crippen molar-refractivity contribution in [2.45, 2.75) is 44.4 Å². The Kier molecular flexibility index (Phi) is 8.10. The minimum atomic E-state index is -3.84. The molecule has 0 aliphatic carbocycles. The third-order valence-corrected chi connectivity index (χ3v) is 7.63. The number of carbonyl (C=O) groups excluding carboxylic acids is 2. The number of ether oxygens (including phenoxy) is 2. The molecule has 2 aromatic carbocycles. The van der Waals surface area contributed by atoms with E-state index < -0.39 is 28.5 Å². The average Bonchev–Trinajstić information content (AvgIpc) is 3.10. The molecule has 2 aromatic rings. The molecule has 0 radical (unpaired) electrons. The first kappa shape index (κ1) is 24.7. The van der Waals surface area contributed by atoms with Gasteiger partial charge in [-0.25, -0.2) is 13.2 Å². The molecular weight excluding hydrogens is 444 g/mol. The van der Waals surface area contributed by atoms with Crippen molar-refractivity contribution in [1.29, 1.82) is 0 Å². The van der Waals surface area contributed by atoms with E-state index in [0.29, 0.717) is 18.8 Å². The molecule has 0 atom stereocenters. The van der Waals surface area contributed by atoms with Gasteiger partial charge in [0.05, 0.1) is 12.7 Å². The second-order valence-electron chi connectivity index (χ2n) is 8.11. The Hall–Kier alpha value is -2.91. The number of nitrogens with zero attached hydrogens (tertiary/aromatic N) is 1. The molecular formula is C24H30N2O6S. The fourth-order valence-electron chi connectivity index (χ4n) is 3.66. The SMILES string of the molecule is COc1ccc(C(=O)OCC(=O)Nc2ccc(C)c(C)c2)cc1S(=O)(=O)N1CCCCCC1. The summed E-state index contributed by atoms with van der Waals surface area (Å²) in [5, 5.41) is 2.68. The van der Waals surface area contributed by atoms with Gasteiger partial charge < -0.3 is 14.8 Å². The van der Waals surface area contributed by atoms with Gasteiger partial charge in [-0.05, 0) is 68.1 Å². The summed E-state index contributed by atoms with van der Waals surface area (Å²) in [5.41, 5.74) is 2.77. The number of amides is 1. The maximum Gasteiger partial charge on any atom is 0.338 e. The summed E-state index contributed by atoms with van der Waals surface area (Å²) in [4.78, 5) is 24.7. The van der Waals surface area contributed by atoms with Crippen LogP contribution in [0.1, 0.15) is 47.2 Å². The molecule has 178 valence electrons. The van der Waals surface area contributed by atoms with E-state index in [1.807, 2.05) is 26.0 Å². The topological polar surface area (TPSA) is 102 Å². The van der Waals surface area contributed by atoms with Crippen LogP contribution in [0.4, 0.5) is 5.69 Å². The van der Waals surface area contributed by atoms with E-state index in [2.05, 4.69) is 5.32 Å². The lowest BCUT2D eigenvalue weighted by molar-refractivity contribution is -0.119. The van der Waals surface area contributed by atoms with Crippen LogP contribution in [-0.2, 0) is 19.6 Å². The first-order chi connectivity index (χ1) is 15.7. The van der Waals surface area contributed by atoms with Gasteiger partial charge in [0, 0.05) is 18.8 Å². The van der Waals surface area contributed by atoms with Crippen molar-refractivity contribution in [2.24, 2.45) is 0 Å². The first-order valence-electron chi connectivity index (χ1n) is 10.9. The predicted molar refractivity (Wildman–Crippen MR) is 125 cm³/mol. The smallest absolute Gasteiger partial charge is 0.338 e. The van der Waals surface area contributed by atoms with Crippen molar-refractivity contribution in [3.05, 3.63) is 53.1 Å². The van der Waals surface area contributed by atoms with Crippen molar-refractivity contribution >= 4 is 27.6 Å². The number of hydrogen-bond donors (Lipinski definition) is 1. The van der Waals surface area contributed by atoms with E-state index in [-0.39, 0.29) is 16.2 Å². The number of carbonyl (C=O) groups is 2. The van der Waals surface area contributed by atoms with Crippen LogP contribution in [0.15, 0.2) is 41.3 Å². The zero-order valence-electron chi connectivity index (χ0n) is 19.2. The van der Waals surface area contributed by atoms with Crippen molar-refractivity contribution in [3.63, 3.8) is 0 Å². The molecule has 3 rings (SSSR count). The molecule has 1 aliphatic heterocycles. The number of nitrogens with one attached hydrogen (secondary N) is 1. The van der Waals surface area contributed by atoms with E-state index in [4.69, 9.17) is 9.47 Å². The second kappa shape index (κ2) is 10.8. The molecule has 8 nitrogen and oxygen atoms in total. The van der Waals surface area contributed by atoms with Gasteiger partial charge in [-0.15, -0.1) is 0 Å². The maximum atomic E-state index is 13.2. The summed E-state index contributed by atoms with van der Waals surface area (Å²) in [6, 6.07) is 9.59. The van der Waals surface area contributed by atoms with Crippen LogP contribution in [0.2, 0.25) is 0 Å². The van der Waals surface area contributed by atoms with Gasteiger partial charge in [-0.2, -0.15) is 4.31 Å². The normalized spacial score (nSPS) is 14.9. The highest BCUT2D eigenvalue weighted by atomic mass is 32.2. The lowest BCUT2D eigenvalue weighted by Crippen LogP contribution is -2.32. The Morgan fingerprint density at radius 2 is 1.67 bits per heavy atom. The van der Waals surface area contributed by atoms with Crippen molar-refractivity contribution in [2.75, 3.05) is 32.1 Å². The molecule has 1 amide bonds. The molecule has 1 aliphatic rings. The van der Waals surface area contributed by atoms with Crippen LogP contribution in [0.3, 0.4) is 0 Å². The molecule has 1 heterocycles. The Morgan fingerprint density at radius 1 is 0.970 bits per heavy atom. The van der Waals surface area contributed by atoms with E-state index in [1.165, 1.54) is 29.6 Å². The number of benzene rings is 2. The molecule has 1 N–H and O–H groups in total. The van der Waals surface area contributed by atoms with Gasteiger partial charge in [0.1, 0.15) is 10.6 Å². The van der Waals surface area contributed by atoms with E-state index in [1.54, 1.807) is 6.07 Å². The summed E-state index contributed by atoms with van der Waals surface area (Å²) < 4.78 is 38.3. The standard InChI is InChI=1S/C24H30N2O6S/c1-17-8-10-20(14-18(17)2)25-23(27)16-32-24(28)19-9-11-21(31-3)22(15-19)33(29,30)26-12-6-4-5-7-13-26/h8-11,14-15H,4-7,12-13,16H2,1-3H3,(H,25,27). The zero-order chi connectivity index (χ0) is 24.0. The Bertz CT molecular complexity index is 1120. The number of anilines is 1. The third kappa shape index (κ3) is 6.11. The van der Waals surface area contributed by atoms with E-state index in [9.17, 15) is 18.0 Å². The fraction of sp³-hybridized carbons (Fsp3) is 0.417. The van der Waals surface area contributed by atoms with Crippen LogP contribution in [-0.4, -0.2) is 51.4 Å². The van der Waals surface area contributed by atoms with Gasteiger partial charge in [0.25, 0.3) is 5.91 Å². The van der Waals surface area contributed by atoms with Crippen LogP contribution < -0.4 is 10.1 Å². The van der Waals surface area contributed by atoms with Crippen molar-refractivity contribution < 1.29 is 27.5 Å². The van der Waals surface area contributed by atoms with Gasteiger partial charge in [-0.1, -0.05) is 18.9 Å². The highest BCUT2D eigenvalue weighted by Gasteiger charge is 2.29. The Balaban J connectivity index is 1.71. The summed E-state index contributed by atoms with van der Waals surface area (Å²) in [5.74, 6) is -1.12. The molecule has 0 aromatic heterocycles. The van der Waals surface area contributed by atoms with Crippen LogP contribution >= 0.6 is 0 Å². The number of hydrogen-bond acceptors (Lipinski definition) is 6. The molecule has 33 heavy (non-hydrogen) atoms. The molecule has 1 fully saturated rings. The zero-order valence-corrected chi connectivity index (χ0v) is 20.0. The molecule has 0 unspecified atom stereocenters. The number of esters is 1. The summed E-state index contributed by atoms with van der Waals surface area (Å²) in [7, 11) is -2.46. The minimum Gasteiger partial charge on any atom is -0.495 e. The third-order valence-electron chi connectivity index (χ3n) is 5.71. The highest BCUT2D eigenvalue weighted by Crippen LogP contribution is 2.29. The van der Waals surface area contributed by atoms with Crippen molar-refractivity contribution in [1.82, 2.24) is 4.31 Å². The molecule has 0 saturated carbocycles. The predicted octanol–water partition coefficient (Wildman–Crippen LogP) is 3.67. The fourth-order valence-corrected chi connectivity index (χ4v) is 5.36. The number of rotatable bonds is 7. The van der Waals surface area contributed by atoms with Crippen LogP contribution in [0.25, 0.3) is 0 Å². The monoisotopic (exact) mass is 474 g/mol.